The number of carbonyl (C=O) groups excluding carboxylic acids is 4. The Morgan fingerprint density at radius 2 is 1.80 bits per heavy atom. The molecule has 6 nitrogen and oxygen atoms in total. The second-order valence-corrected chi connectivity index (χ2v) is 4.42. The molecule has 1 saturated heterocycles. The van der Waals surface area contributed by atoms with Gasteiger partial charge < -0.3 is 0 Å². The second-order valence-electron chi connectivity index (χ2n) is 3.18. The van der Waals surface area contributed by atoms with Gasteiger partial charge in [0, 0.05) is 6.92 Å². The molecular formula is C8H10NO5S+. The summed E-state index contributed by atoms with van der Waals surface area (Å²) in [6.07, 6.45) is -0.124. The largest absolute Gasteiger partial charge is 0.354 e. The van der Waals surface area contributed by atoms with Gasteiger partial charge in [0.2, 0.25) is 0 Å². The lowest BCUT2D eigenvalue weighted by atomic mass is 10.4. The monoisotopic (exact) mass is 232 g/mol. The van der Waals surface area contributed by atoms with Gasteiger partial charge in [-0.05, 0) is 11.8 Å². The van der Waals surface area contributed by atoms with Crippen molar-refractivity contribution >= 4 is 33.8 Å². The van der Waals surface area contributed by atoms with Gasteiger partial charge in [-0.25, -0.2) is 14.8 Å². The molecule has 0 aromatic rings. The first-order chi connectivity index (χ1) is 6.86. The van der Waals surface area contributed by atoms with Crippen molar-refractivity contribution in [3.63, 3.8) is 0 Å². The van der Waals surface area contributed by atoms with Crippen LogP contribution in [0.25, 0.3) is 0 Å². The molecule has 1 aliphatic rings. The van der Waals surface area contributed by atoms with Crippen LogP contribution in [0.4, 0.5) is 0 Å². The normalized spacial score (nSPS) is 19.3. The van der Waals surface area contributed by atoms with Crippen molar-refractivity contribution in [1.82, 2.24) is 0 Å². The summed E-state index contributed by atoms with van der Waals surface area (Å²) in [5, 5.41) is 8.48. The predicted octanol–water partition coefficient (Wildman–Crippen LogP) is -0.154. The summed E-state index contributed by atoms with van der Waals surface area (Å²) in [5.74, 6) is -1.39. The molecule has 2 amide bonds. The van der Waals surface area contributed by atoms with Gasteiger partial charge in [-0.15, -0.1) is 0 Å². The van der Waals surface area contributed by atoms with Crippen LogP contribution in [0.3, 0.4) is 0 Å². The zero-order valence-electron chi connectivity index (χ0n) is 8.06. The first kappa shape index (κ1) is 12.0. The standard InChI is InChI=1S/C8H10NO5S/c1-5(10)15-8(13)4-9(14)6(11)2-3-7(9)12/h14H,2-4H2,1H3/q+1. The summed E-state index contributed by atoms with van der Waals surface area (Å²) >= 11 is 0.386. The molecule has 0 aliphatic carbocycles. The number of likely N-dealkylation sites (tertiary alicyclic amines) is 1. The zero-order chi connectivity index (χ0) is 11.6. The van der Waals surface area contributed by atoms with E-state index in [2.05, 4.69) is 0 Å². The third kappa shape index (κ3) is 2.49. The van der Waals surface area contributed by atoms with Crippen molar-refractivity contribution in [1.29, 1.82) is 0 Å². The first-order valence-corrected chi connectivity index (χ1v) is 5.07. The van der Waals surface area contributed by atoms with Crippen molar-refractivity contribution in [2.24, 2.45) is 0 Å². The van der Waals surface area contributed by atoms with E-state index in [1.165, 1.54) is 6.92 Å². The summed E-state index contributed by atoms with van der Waals surface area (Å²) < 4.78 is -1.49. The van der Waals surface area contributed by atoms with Gasteiger partial charge in [-0.3, -0.25) is 9.59 Å². The molecule has 0 aromatic heterocycles. The quantitative estimate of drug-likeness (QED) is 0.404. The molecule has 0 aromatic carbocycles. The highest BCUT2D eigenvalue weighted by Gasteiger charge is 2.51. The highest BCUT2D eigenvalue weighted by molar-refractivity contribution is 8.26. The van der Waals surface area contributed by atoms with E-state index in [9.17, 15) is 24.4 Å². The summed E-state index contributed by atoms with van der Waals surface area (Å²) in [6, 6.07) is 0. The van der Waals surface area contributed by atoms with Crippen LogP contribution in [0.1, 0.15) is 19.8 Å². The number of carbonyl (C=O) groups is 4. The zero-order valence-corrected chi connectivity index (χ0v) is 8.87. The molecule has 1 N–H and O–H groups in total. The molecule has 7 heteroatoms. The molecule has 15 heavy (non-hydrogen) atoms. The molecule has 0 atom stereocenters. The number of thioether (sulfide) groups is 1. The van der Waals surface area contributed by atoms with Gasteiger partial charge in [0.05, 0.1) is 12.8 Å². The minimum atomic E-state index is -1.49. The Bertz CT molecular complexity index is 335. The predicted molar refractivity (Wildman–Crippen MR) is 49.4 cm³/mol. The fourth-order valence-corrected chi connectivity index (χ4v) is 1.85. The van der Waals surface area contributed by atoms with E-state index in [1.807, 2.05) is 0 Å². The van der Waals surface area contributed by atoms with Crippen LogP contribution in [-0.2, 0) is 19.2 Å². The fraction of sp³-hybridized carbons (Fsp3) is 0.500. The Morgan fingerprint density at radius 3 is 2.20 bits per heavy atom. The number of hydroxylamine groups is 3. The number of imide groups is 1. The lowest BCUT2D eigenvalue weighted by molar-refractivity contribution is -0.964. The van der Waals surface area contributed by atoms with E-state index in [1.54, 1.807) is 0 Å². The fourth-order valence-electron chi connectivity index (χ4n) is 1.28. The number of hydrogen-bond acceptors (Lipinski definition) is 6. The van der Waals surface area contributed by atoms with E-state index in [-0.39, 0.29) is 12.8 Å². The van der Waals surface area contributed by atoms with Crippen molar-refractivity contribution in [2.45, 2.75) is 19.8 Å². The van der Waals surface area contributed by atoms with Crippen molar-refractivity contribution in [3.05, 3.63) is 0 Å². The van der Waals surface area contributed by atoms with Crippen LogP contribution in [0, 0.1) is 0 Å². The first-order valence-electron chi connectivity index (χ1n) is 4.25. The molecule has 0 spiro atoms. The van der Waals surface area contributed by atoms with Gasteiger partial charge in [-0.2, -0.15) is 0 Å². The Kier molecular flexibility index (Phi) is 3.38. The highest BCUT2D eigenvalue weighted by Crippen LogP contribution is 2.21. The SMILES string of the molecule is CC(=O)SC(=O)C[N+]1(O)C(=O)CCC1=O. The topological polar surface area (TPSA) is 88.5 Å². The maximum absolute atomic E-state index is 11.2. The average molecular weight is 232 g/mol. The number of amides is 2. The lowest BCUT2D eigenvalue weighted by Gasteiger charge is -2.17. The molecule has 0 unspecified atom stereocenters. The molecule has 1 rings (SSSR count). The molecule has 0 radical (unpaired) electrons. The van der Waals surface area contributed by atoms with Crippen LogP contribution >= 0.6 is 11.8 Å². The number of quaternary nitrogens is 1. The Morgan fingerprint density at radius 1 is 1.33 bits per heavy atom. The molecule has 1 heterocycles. The average Bonchev–Trinajstić information content (AvgIpc) is 2.31. The van der Waals surface area contributed by atoms with E-state index < -0.39 is 33.2 Å². The van der Waals surface area contributed by atoms with Crippen molar-refractivity contribution in [2.75, 3.05) is 6.54 Å². The number of nitrogens with zero attached hydrogens (tertiary/aromatic N) is 1. The van der Waals surface area contributed by atoms with Crippen LogP contribution < -0.4 is 0 Å². The Balaban J connectivity index is 2.71. The van der Waals surface area contributed by atoms with Crippen LogP contribution in [0.5, 0.6) is 0 Å². The number of rotatable bonds is 2. The van der Waals surface area contributed by atoms with Crippen LogP contribution in [0.15, 0.2) is 0 Å². The Labute approximate surface area is 89.8 Å². The van der Waals surface area contributed by atoms with Crippen LogP contribution in [-0.4, -0.2) is 38.4 Å². The molecule has 0 bridgehead atoms. The molecule has 82 valence electrons. The van der Waals surface area contributed by atoms with E-state index in [4.69, 9.17) is 0 Å². The smallest absolute Gasteiger partial charge is 0.287 e. The lowest BCUT2D eigenvalue weighted by Crippen LogP contribution is -2.52. The van der Waals surface area contributed by atoms with E-state index in [0.717, 1.165) is 0 Å². The molecule has 1 fully saturated rings. The van der Waals surface area contributed by atoms with E-state index >= 15 is 0 Å². The second kappa shape index (κ2) is 4.21. The third-order valence-corrected chi connectivity index (χ3v) is 2.64. The molecular weight excluding hydrogens is 222 g/mol. The Hall–Kier alpha value is -1.05. The molecule has 1 aliphatic heterocycles. The van der Waals surface area contributed by atoms with Crippen molar-refractivity contribution < 1.29 is 29.0 Å². The van der Waals surface area contributed by atoms with Gasteiger partial charge in [0.1, 0.15) is 0 Å². The van der Waals surface area contributed by atoms with Crippen molar-refractivity contribution in [3.8, 4) is 0 Å². The summed E-state index contributed by atoms with van der Waals surface area (Å²) in [4.78, 5) is 44.1. The highest BCUT2D eigenvalue weighted by atomic mass is 32.2. The van der Waals surface area contributed by atoms with Gasteiger partial charge in [-0.1, -0.05) is 4.65 Å². The van der Waals surface area contributed by atoms with Gasteiger partial charge >= 0.3 is 11.8 Å². The summed E-state index contributed by atoms with van der Waals surface area (Å²) in [6.45, 7) is 0.528. The maximum atomic E-state index is 11.2. The minimum absolute atomic E-state index is 0.0622. The molecule has 0 saturated carbocycles. The van der Waals surface area contributed by atoms with Crippen LogP contribution in [0.2, 0.25) is 0 Å². The van der Waals surface area contributed by atoms with Gasteiger partial charge in [0.25, 0.3) is 5.12 Å². The van der Waals surface area contributed by atoms with Gasteiger partial charge in [0.15, 0.2) is 11.7 Å². The maximum Gasteiger partial charge on any atom is 0.354 e. The minimum Gasteiger partial charge on any atom is -0.287 e. The van der Waals surface area contributed by atoms with E-state index in [0.29, 0.717) is 11.8 Å². The summed E-state index contributed by atoms with van der Waals surface area (Å²) in [5.41, 5.74) is 0. The summed E-state index contributed by atoms with van der Waals surface area (Å²) in [7, 11) is 0. The third-order valence-electron chi connectivity index (χ3n) is 1.99. The number of hydrogen-bond donors (Lipinski definition) is 1.